The fourth-order valence-electron chi connectivity index (χ4n) is 5.18. The topological polar surface area (TPSA) is 133 Å². The number of hydrogen-bond donors (Lipinski definition) is 5. The van der Waals surface area contributed by atoms with Gasteiger partial charge in [0, 0.05) is 53.7 Å². The van der Waals surface area contributed by atoms with E-state index in [1.807, 2.05) is 20.8 Å². The fourth-order valence-corrected chi connectivity index (χ4v) is 5.18. The van der Waals surface area contributed by atoms with E-state index in [0.717, 1.165) is 0 Å². The summed E-state index contributed by atoms with van der Waals surface area (Å²) in [5.74, 6) is -1.00. The smallest absolute Gasteiger partial charge is 0.255 e. The van der Waals surface area contributed by atoms with Crippen LogP contribution in [0.15, 0.2) is 59.0 Å². The monoisotopic (exact) mass is 586 g/mol. The SMILES string of the molecule is CNC(=O)c1c(-c2ccc(F)cc2)oc2cc3c(cc12)-c1cc(cc(C(O)NC(C)(C)C)c1)NC(=O)CCCCC(=O)N3. The van der Waals surface area contributed by atoms with Gasteiger partial charge in [0.05, 0.1) is 11.3 Å². The molecule has 5 N–H and O–H groups in total. The van der Waals surface area contributed by atoms with Crippen LogP contribution >= 0.6 is 0 Å². The van der Waals surface area contributed by atoms with Crippen LogP contribution in [0.1, 0.15) is 68.6 Å². The van der Waals surface area contributed by atoms with Crippen LogP contribution in [0.3, 0.4) is 0 Å². The minimum absolute atomic E-state index is 0.197. The summed E-state index contributed by atoms with van der Waals surface area (Å²) in [6.45, 7) is 5.78. The van der Waals surface area contributed by atoms with Crippen molar-refractivity contribution in [2.45, 2.75) is 58.2 Å². The molecule has 1 aromatic heterocycles. The molecule has 4 aromatic rings. The summed E-state index contributed by atoms with van der Waals surface area (Å²) in [5.41, 5.74) is 3.26. The van der Waals surface area contributed by atoms with E-state index in [9.17, 15) is 23.9 Å². The minimum atomic E-state index is -1.06. The van der Waals surface area contributed by atoms with E-state index in [4.69, 9.17) is 4.42 Å². The predicted octanol–water partition coefficient (Wildman–Crippen LogP) is 6.10. The standard InChI is InChI=1S/C33H35FN4O5/c1-33(2,3)38-31(41)20-13-19-14-22(15-20)36-27(39)7-5-6-8-28(40)37-25-17-26-24(16-23(19)25)29(32(42)35-4)30(43-26)18-9-11-21(34)12-10-18/h9-17,31,38,41H,5-8H2,1-4H3,(H,35,42)(H,36,39)(H,37,40). The molecule has 5 rings (SSSR count). The highest BCUT2D eigenvalue weighted by Crippen LogP contribution is 2.41. The lowest BCUT2D eigenvalue weighted by Crippen LogP contribution is -2.38. The first-order chi connectivity index (χ1) is 20.4. The lowest BCUT2D eigenvalue weighted by atomic mass is 9.96. The van der Waals surface area contributed by atoms with Gasteiger partial charge in [-0.1, -0.05) is 0 Å². The molecule has 9 nitrogen and oxygen atoms in total. The summed E-state index contributed by atoms with van der Waals surface area (Å²) >= 11 is 0. The first kappa shape index (κ1) is 29.9. The molecular weight excluding hydrogens is 551 g/mol. The number of furan rings is 1. The second kappa shape index (κ2) is 12.0. The molecule has 43 heavy (non-hydrogen) atoms. The first-order valence-corrected chi connectivity index (χ1v) is 14.2. The highest BCUT2D eigenvalue weighted by Gasteiger charge is 2.25. The Kier molecular flexibility index (Phi) is 8.34. The number of halogens is 1. The van der Waals surface area contributed by atoms with Gasteiger partial charge in [0.25, 0.3) is 5.91 Å². The first-order valence-electron chi connectivity index (χ1n) is 14.2. The van der Waals surface area contributed by atoms with Crippen molar-refractivity contribution in [2.75, 3.05) is 17.7 Å². The van der Waals surface area contributed by atoms with E-state index in [2.05, 4.69) is 21.3 Å². The zero-order valence-electron chi connectivity index (χ0n) is 24.6. The van der Waals surface area contributed by atoms with Crippen molar-refractivity contribution >= 4 is 40.1 Å². The molecule has 3 amide bonds. The molecule has 1 atom stereocenters. The highest BCUT2D eigenvalue weighted by molar-refractivity contribution is 6.13. The number of aliphatic hydroxyl groups is 1. The number of benzene rings is 3. The third-order valence-electron chi connectivity index (χ3n) is 7.16. The van der Waals surface area contributed by atoms with Crippen LogP contribution in [-0.4, -0.2) is 35.4 Å². The van der Waals surface area contributed by atoms with E-state index >= 15 is 0 Å². The zero-order valence-corrected chi connectivity index (χ0v) is 24.6. The van der Waals surface area contributed by atoms with E-state index in [0.29, 0.717) is 57.4 Å². The van der Waals surface area contributed by atoms with Gasteiger partial charge in [0.2, 0.25) is 11.8 Å². The number of anilines is 2. The average molecular weight is 587 g/mol. The van der Waals surface area contributed by atoms with Crippen LogP contribution in [0.5, 0.6) is 0 Å². The third kappa shape index (κ3) is 6.76. The molecule has 0 aliphatic carbocycles. The molecule has 1 unspecified atom stereocenters. The second-order valence-electron chi connectivity index (χ2n) is 11.7. The average Bonchev–Trinajstić information content (AvgIpc) is 3.31. The van der Waals surface area contributed by atoms with Gasteiger partial charge in [-0.15, -0.1) is 0 Å². The van der Waals surface area contributed by atoms with Gasteiger partial charge in [0.1, 0.15) is 23.4 Å². The second-order valence-corrected chi connectivity index (χ2v) is 11.7. The van der Waals surface area contributed by atoms with Crippen molar-refractivity contribution in [1.29, 1.82) is 0 Å². The molecule has 0 saturated heterocycles. The van der Waals surface area contributed by atoms with Crippen molar-refractivity contribution in [2.24, 2.45) is 0 Å². The maximum Gasteiger partial charge on any atom is 0.255 e. The van der Waals surface area contributed by atoms with Gasteiger partial charge in [-0.05, 0) is 93.3 Å². The van der Waals surface area contributed by atoms with Gasteiger partial charge in [-0.2, -0.15) is 0 Å². The quantitative estimate of drug-likeness (QED) is 0.184. The lowest BCUT2D eigenvalue weighted by molar-refractivity contribution is -0.118. The molecule has 3 aromatic carbocycles. The molecule has 10 heteroatoms. The van der Waals surface area contributed by atoms with Crippen LogP contribution < -0.4 is 21.3 Å². The number of amides is 3. The fraction of sp³-hybridized carbons (Fsp3) is 0.303. The van der Waals surface area contributed by atoms with Crippen LogP contribution in [0, 0.1) is 5.82 Å². The van der Waals surface area contributed by atoms with Gasteiger partial charge in [-0.3, -0.25) is 19.7 Å². The highest BCUT2D eigenvalue weighted by atomic mass is 19.1. The molecule has 2 heterocycles. The van der Waals surface area contributed by atoms with Gasteiger partial charge < -0.3 is 25.5 Å². The number of nitrogens with one attached hydrogen (secondary N) is 4. The van der Waals surface area contributed by atoms with Crippen molar-refractivity contribution in [3.8, 4) is 22.5 Å². The number of carbonyl (C=O) groups excluding carboxylic acids is 3. The van der Waals surface area contributed by atoms with Crippen molar-refractivity contribution < 1.29 is 28.3 Å². The normalized spacial score (nSPS) is 14.9. The van der Waals surface area contributed by atoms with Gasteiger partial charge in [0.15, 0.2) is 0 Å². The Labute approximate surface area is 248 Å². The summed E-state index contributed by atoms with van der Waals surface area (Å²) in [7, 11) is 1.51. The Hall–Kier alpha value is -4.54. The number of hydrogen-bond acceptors (Lipinski definition) is 6. The van der Waals surface area contributed by atoms with Crippen molar-refractivity contribution in [3.05, 3.63) is 71.5 Å². The van der Waals surface area contributed by atoms with Gasteiger partial charge >= 0.3 is 0 Å². The Morgan fingerprint density at radius 3 is 2.28 bits per heavy atom. The summed E-state index contributed by atoms with van der Waals surface area (Å²) in [6, 6.07) is 14.3. The van der Waals surface area contributed by atoms with Gasteiger partial charge in [-0.25, -0.2) is 4.39 Å². The molecule has 224 valence electrons. The number of fused-ring (bicyclic) bond motifs is 5. The van der Waals surface area contributed by atoms with E-state index in [1.165, 1.54) is 31.3 Å². The summed E-state index contributed by atoms with van der Waals surface area (Å²) in [4.78, 5) is 39.0. The minimum Gasteiger partial charge on any atom is -0.455 e. The van der Waals surface area contributed by atoms with Crippen LogP contribution in [0.25, 0.3) is 33.4 Å². The maximum absolute atomic E-state index is 13.7. The third-order valence-corrected chi connectivity index (χ3v) is 7.16. The molecule has 2 bridgehead atoms. The number of rotatable bonds is 4. The molecular formula is C33H35FN4O5. The van der Waals surface area contributed by atoms with Crippen LogP contribution in [-0.2, 0) is 9.59 Å². The molecule has 1 aliphatic heterocycles. The Morgan fingerprint density at radius 1 is 0.953 bits per heavy atom. The largest absolute Gasteiger partial charge is 0.455 e. The van der Waals surface area contributed by atoms with Crippen molar-refractivity contribution in [1.82, 2.24) is 10.6 Å². The molecule has 0 spiro atoms. The Balaban J connectivity index is 1.77. The number of aliphatic hydroxyl groups excluding tert-OH is 1. The Morgan fingerprint density at radius 2 is 1.63 bits per heavy atom. The van der Waals surface area contributed by atoms with Crippen LogP contribution in [0.4, 0.5) is 15.8 Å². The zero-order chi connectivity index (χ0) is 30.9. The summed E-state index contributed by atoms with van der Waals surface area (Å²) in [6.07, 6.45) is 0.445. The predicted molar refractivity (Wildman–Crippen MR) is 164 cm³/mol. The molecule has 0 radical (unpaired) electrons. The van der Waals surface area contributed by atoms with E-state index in [1.54, 1.807) is 30.3 Å². The summed E-state index contributed by atoms with van der Waals surface area (Å²) in [5, 5.41) is 23.3. The molecule has 0 fully saturated rings. The molecule has 0 saturated carbocycles. The van der Waals surface area contributed by atoms with E-state index in [-0.39, 0.29) is 36.0 Å². The van der Waals surface area contributed by atoms with Crippen molar-refractivity contribution in [3.63, 3.8) is 0 Å². The van der Waals surface area contributed by atoms with Crippen LogP contribution in [0.2, 0.25) is 0 Å². The molecule has 1 aliphatic rings. The maximum atomic E-state index is 13.7. The van der Waals surface area contributed by atoms with E-state index < -0.39 is 23.5 Å². The lowest BCUT2D eigenvalue weighted by Gasteiger charge is -2.26. The Bertz CT molecular complexity index is 1710. The number of carbonyl (C=O) groups is 3. The summed E-state index contributed by atoms with van der Waals surface area (Å²) < 4.78 is 19.9.